The molecule has 1 aromatic carbocycles. The van der Waals surface area contributed by atoms with Crippen molar-refractivity contribution >= 4 is 34.0 Å². The number of halogens is 4. The third-order valence-electron chi connectivity index (χ3n) is 5.02. The maximum absolute atomic E-state index is 13.0. The van der Waals surface area contributed by atoms with E-state index in [2.05, 4.69) is 9.71 Å². The van der Waals surface area contributed by atoms with E-state index in [1.807, 2.05) is 6.92 Å². The van der Waals surface area contributed by atoms with E-state index in [-0.39, 0.29) is 35.7 Å². The highest BCUT2D eigenvalue weighted by molar-refractivity contribution is 7.87. The number of methoxy groups -OCH3 is 1. The van der Waals surface area contributed by atoms with E-state index in [1.54, 1.807) is 6.07 Å². The molecule has 0 aliphatic carbocycles. The normalized spacial score (nSPS) is 12.1. The van der Waals surface area contributed by atoms with Gasteiger partial charge in [0, 0.05) is 31.5 Å². The first-order valence-corrected chi connectivity index (χ1v) is 13.5. The van der Waals surface area contributed by atoms with Gasteiger partial charge in [-0.25, -0.2) is 9.78 Å². The lowest BCUT2D eigenvalue weighted by Crippen LogP contribution is -2.44. The minimum Gasteiger partial charge on any atom is -0.491 e. The van der Waals surface area contributed by atoms with Gasteiger partial charge in [0.15, 0.2) is 0 Å². The number of benzene rings is 1. The summed E-state index contributed by atoms with van der Waals surface area (Å²) in [7, 11) is -2.81. The van der Waals surface area contributed by atoms with Crippen LogP contribution in [0.2, 0.25) is 5.02 Å². The summed E-state index contributed by atoms with van der Waals surface area (Å²) in [5.74, 6) is 0.0605. The van der Waals surface area contributed by atoms with Crippen molar-refractivity contribution in [1.29, 1.82) is 0 Å². The molecule has 2 rings (SSSR count). The van der Waals surface area contributed by atoms with Crippen molar-refractivity contribution in [3.05, 3.63) is 52.7 Å². The van der Waals surface area contributed by atoms with Gasteiger partial charge in [-0.05, 0) is 24.6 Å². The Labute approximate surface area is 229 Å². The molecule has 2 N–H and O–H groups in total. The quantitative estimate of drug-likeness (QED) is 0.255. The van der Waals surface area contributed by atoms with Gasteiger partial charge in [0.25, 0.3) is 0 Å². The predicted molar refractivity (Wildman–Crippen MR) is 138 cm³/mol. The molecule has 1 aromatic heterocycles. The number of nitrogens with one attached hydrogen (secondary N) is 1. The Morgan fingerprint density at radius 1 is 1.23 bits per heavy atom. The molecule has 10 nitrogen and oxygen atoms in total. The van der Waals surface area contributed by atoms with E-state index in [0.717, 1.165) is 12.8 Å². The number of ether oxygens (including phenoxy) is 3. The van der Waals surface area contributed by atoms with Crippen LogP contribution in [0.15, 0.2) is 36.5 Å². The SMILES string of the molecule is CCCCCNS(=O)(=O)N(C/C=C/c1ccc(OCCOC)cc1Oc1ncc(C(F)(F)F)cc1Cl)C(=O)O. The van der Waals surface area contributed by atoms with Crippen molar-refractivity contribution in [3.8, 4) is 17.4 Å². The van der Waals surface area contributed by atoms with E-state index in [9.17, 15) is 31.5 Å². The molecule has 0 radical (unpaired) electrons. The molecule has 0 unspecified atom stereocenters. The number of amides is 1. The lowest BCUT2D eigenvalue weighted by atomic mass is 10.1. The number of rotatable bonds is 15. The first kappa shape index (κ1) is 32.1. The van der Waals surface area contributed by atoms with Crippen LogP contribution in [0.4, 0.5) is 18.0 Å². The van der Waals surface area contributed by atoms with E-state index >= 15 is 0 Å². The summed E-state index contributed by atoms with van der Waals surface area (Å²) in [6, 6.07) is 5.17. The van der Waals surface area contributed by atoms with Gasteiger partial charge < -0.3 is 19.3 Å². The number of carboxylic acid groups (broad SMARTS) is 1. The van der Waals surface area contributed by atoms with Crippen LogP contribution in [-0.4, -0.2) is 62.3 Å². The number of aromatic nitrogens is 1. The zero-order valence-corrected chi connectivity index (χ0v) is 22.8. The smallest absolute Gasteiger partial charge is 0.422 e. The molecule has 0 aliphatic heterocycles. The van der Waals surface area contributed by atoms with Crippen LogP contribution in [0.25, 0.3) is 6.08 Å². The molecular weight excluding hydrogens is 567 g/mol. The second kappa shape index (κ2) is 14.9. The summed E-state index contributed by atoms with van der Waals surface area (Å²) in [6.07, 6.45) is -0.912. The average Bonchev–Trinajstić information content (AvgIpc) is 2.86. The van der Waals surface area contributed by atoms with E-state index in [1.165, 1.54) is 31.4 Å². The van der Waals surface area contributed by atoms with Crippen LogP contribution >= 0.6 is 11.6 Å². The Balaban J connectivity index is 2.31. The van der Waals surface area contributed by atoms with Crippen LogP contribution < -0.4 is 14.2 Å². The molecule has 39 heavy (non-hydrogen) atoms. The fourth-order valence-electron chi connectivity index (χ4n) is 3.04. The first-order valence-electron chi connectivity index (χ1n) is 11.7. The summed E-state index contributed by atoms with van der Waals surface area (Å²) >= 11 is 5.97. The standard InChI is InChI=1S/C24H29ClF3N3O7S/c1-3-4-5-10-30-39(34,35)31(23(32)33)11-6-7-17-8-9-19(37-13-12-36-2)15-21(17)38-22-20(25)14-18(16-29-22)24(26,27)28/h6-9,14-16,30H,3-5,10-13H2,1-2H3,(H,32,33)/b7-6+. The molecule has 0 spiro atoms. The second-order valence-corrected chi connectivity index (χ2v) is 10.1. The Morgan fingerprint density at radius 2 is 1.97 bits per heavy atom. The van der Waals surface area contributed by atoms with E-state index in [4.69, 9.17) is 25.8 Å². The van der Waals surface area contributed by atoms with Crippen molar-refractivity contribution in [2.24, 2.45) is 0 Å². The largest absolute Gasteiger partial charge is 0.491 e. The molecule has 0 saturated heterocycles. The van der Waals surface area contributed by atoms with E-state index < -0.39 is 39.6 Å². The molecule has 15 heteroatoms. The Kier molecular flexibility index (Phi) is 12.3. The van der Waals surface area contributed by atoms with Crippen molar-refractivity contribution in [2.75, 3.05) is 33.4 Å². The summed E-state index contributed by atoms with van der Waals surface area (Å²) < 4.78 is 82.4. The molecule has 216 valence electrons. The summed E-state index contributed by atoms with van der Waals surface area (Å²) in [5, 5.41) is 9.03. The summed E-state index contributed by atoms with van der Waals surface area (Å²) in [4.78, 5) is 15.3. The van der Waals surface area contributed by atoms with Gasteiger partial charge in [0.1, 0.15) is 23.1 Å². The zero-order valence-electron chi connectivity index (χ0n) is 21.2. The van der Waals surface area contributed by atoms with Crippen LogP contribution in [-0.2, 0) is 21.1 Å². The predicted octanol–water partition coefficient (Wildman–Crippen LogP) is 5.59. The van der Waals surface area contributed by atoms with E-state index in [0.29, 0.717) is 30.0 Å². The van der Waals surface area contributed by atoms with Gasteiger partial charge >= 0.3 is 22.5 Å². The molecule has 1 heterocycles. The highest BCUT2D eigenvalue weighted by Crippen LogP contribution is 2.36. The number of alkyl halides is 3. The number of carbonyl (C=O) groups is 1. The first-order chi connectivity index (χ1) is 18.4. The zero-order chi connectivity index (χ0) is 29.1. The number of pyridine rings is 1. The molecule has 0 saturated carbocycles. The Bertz CT molecular complexity index is 1240. The number of unbranched alkanes of at least 4 members (excludes halogenated alkanes) is 2. The second-order valence-electron chi connectivity index (χ2n) is 7.97. The van der Waals surface area contributed by atoms with Crippen molar-refractivity contribution < 1.29 is 45.7 Å². The van der Waals surface area contributed by atoms with Gasteiger partial charge in [-0.15, -0.1) is 0 Å². The van der Waals surface area contributed by atoms with Crippen molar-refractivity contribution in [3.63, 3.8) is 0 Å². The lowest BCUT2D eigenvalue weighted by molar-refractivity contribution is -0.137. The maximum Gasteiger partial charge on any atom is 0.422 e. The highest BCUT2D eigenvalue weighted by Gasteiger charge is 2.32. The fraction of sp³-hybridized carbons (Fsp3) is 0.417. The van der Waals surface area contributed by atoms with Crippen LogP contribution in [0.1, 0.15) is 37.3 Å². The minimum absolute atomic E-state index is 0.0535. The molecule has 0 atom stereocenters. The number of hydrogen-bond donors (Lipinski definition) is 2. The molecule has 2 aromatic rings. The third-order valence-corrected chi connectivity index (χ3v) is 6.74. The Hall–Kier alpha value is -3.07. The molecule has 1 amide bonds. The highest BCUT2D eigenvalue weighted by atomic mass is 35.5. The minimum atomic E-state index is -4.65. The van der Waals surface area contributed by atoms with Gasteiger partial charge in [0.05, 0.1) is 18.7 Å². The van der Waals surface area contributed by atoms with Gasteiger partial charge in [-0.2, -0.15) is 30.6 Å². The molecule has 0 fully saturated rings. The van der Waals surface area contributed by atoms with Gasteiger partial charge in [0.2, 0.25) is 5.88 Å². The number of hydrogen-bond acceptors (Lipinski definition) is 7. The van der Waals surface area contributed by atoms with Crippen LogP contribution in [0.5, 0.6) is 17.4 Å². The monoisotopic (exact) mass is 595 g/mol. The number of nitrogens with zero attached hydrogens (tertiary/aromatic N) is 2. The lowest BCUT2D eigenvalue weighted by Gasteiger charge is -2.18. The summed E-state index contributed by atoms with van der Waals surface area (Å²) in [6.45, 7) is 1.99. The topological polar surface area (TPSA) is 127 Å². The maximum atomic E-state index is 13.0. The van der Waals surface area contributed by atoms with Gasteiger partial charge in [-0.1, -0.05) is 43.5 Å². The van der Waals surface area contributed by atoms with Crippen LogP contribution in [0, 0.1) is 0 Å². The molecular formula is C24H29ClF3N3O7S. The fourth-order valence-corrected chi connectivity index (χ4v) is 4.29. The third kappa shape index (κ3) is 10.2. The van der Waals surface area contributed by atoms with Crippen molar-refractivity contribution in [2.45, 2.75) is 32.4 Å². The summed E-state index contributed by atoms with van der Waals surface area (Å²) in [5.41, 5.74) is -0.750. The Morgan fingerprint density at radius 3 is 2.59 bits per heavy atom. The van der Waals surface area contributed by atoms with Crippen molar-refractivity contribution in [1.82, 2.24) is 14.0 Å². The van der Waals surface area contributed by atoms with Crippen LogP contribution in [0.3, 0.4) is 0 Å². The van der Waals surface area contributed by atoms with Gasteiger partial charge in [-0.3, -0.25) is 0 Å². The molecule has 0 aliphatic rings. The average molecular weight is 596 g/mol. The molecule has 0 bridgehead atoms.